The molecule has 0 radical (unpaired) electrons. The van der Waals surface area contributed by atoms with Gasteiger partial charge in [-0.05, 0) is 31.2 Å². The second-order valence-electron chi connectivity index (χ2n) is 3.29. The quantitative estimate of drug-likeness (QED) is 0.681. The summed E-state index contributed by atoms with van der Waals surface area (Å²) in [5.74, 6) is 7.52. The zero-order chi connectivity index (χ0) is 11.2. The van der Waals surface area contributed by atoms with Gasteiger partial charge in [-0.15, -0.1) is 5.92 Å². The fourth-order valence-corrected chi connectivity index (χ4v) is 1.41. The van der Waals surface area contributed by atoms with Crippen LogP contribution >= 0.6 is 0 Å². The number of hydrogen-bond donors (Lipinski definition) is 0. The van der Waals surface area contributed by atoms with Gasteiger partial charge in [0, 0.05) is 0 Å². The van der Waals surface area contributed by atoms with Crippen LogP contribution in [0.5, 0.6) is 11.5 Å². The fraction of sp³-hybridized carbons (Fsp3) is 0.0667. The van der Waals surface area contributed by atoms with Crippen LogP contribution in [0.15, 0.2) is 54.6 Å². The maximum absolute atomic E-state index is 5.76. The van der Waals surface area contributed by atoms with Crippen molar-refractivity contribution in [2.45, 2.75) is 6.92 Å². The van der Waals surface area contributed by atoms with Crippen molar-refractivity contribution in [1.82, 2.24) is 0 Å². The van der Waals surface area contributed by atoms with E-state index >= 15 is 0 Å². The molecule has 0 heterocycles. The smallest absolute Gasteiger partial charge is 0.143 e. The summed E-state index contributed by atoms with van der Waals surface area (Å²) >= 11 is 0. The highest BCUT2D eigenvalue weighted by atomic mass is 16.5. The Kier molecular flexibility index (Phi) is 3.25. The molecule has 1 heteroatoms. The summed E-state index contributed by atoms with van der Waals surface area (Å²) in [4.78, 5) is 0. The molecule has 0 aliphatic heterocycles. The van der Waals surface area contributed by atoms with Crippen molar-refractivity contribution in [2.75, 3.05) is 0 Å². The Morgan fingerprint density at radius 2 is 1.56 bits per heavy atom. The van der Waals surface area contributed by atoms with Crippen LogP contribution in [-0.4, -0.2) is 0 Å². The topological polar surface area (TPSA) is 9.23 Å². The molecule has 2 aromatic carbocycles. The molecule has 0 N–H and O–H groups in total. The van der Waals surface area contributed by atoms with E-state index in [1.807, 2.05) is 61.5 Å². The molecule has 16 heavy (non-hydrogen) atoms. The molecule has 1 nitrogen and oxygen atoms in total. The molecule has 0 amide bonds. The van der Waals surface area contributed by atoms with Gasteiger partial charge < -0.3 is 4.74 Å². The predicted octanol–water partition coefficient (Wildman–Crippen LogP) is 3.85. The highest BCUT2D eigenvalue weighted by Crippen LogP contribution is 2.24. The lowest BCUT2D eigenvalue weighted by molar-refractivity contribution is 0.481. The van der Waals surface area contributed by atoms with Gasteiger partial charge >= 0.3 is 0 Å². The van der Waals surface area contributed by atoms with Crippen molar-refractivity contribution >= 4 is 0 Å². The van der Waals surface area contributed by atoms with Crippen molar-refractivity contribution in [3.63, 3.8) is 0 Å². The summed E-state index contributed by atoms with van der Waals surface area (Å²) in [6, 6.07) is 17.5. The molecule has 78 valence electrons. The van der Waals surface area contributed by atoms with Crippen molar-refractivity contribution in [2.24, 2.45) is 0 Å². The van der Waals surface area contributed by atoms with E-state index in [1.165, 1.54) is 0 Å². The van der Waals surface area contributed by atoms with Gasteiger partial charge in [0.05, 0.1) is 5.56 Å². The molecule has 0 saturated heterocycles. The normalized spacial score (nSPS) is 9.06. The maximum atomic E-state index is 5.76. The van der Waals surface area contributed by atoms with Gasteiger partial charge in [-0.1, -0.05) is 36.3 Å². The first-order valence-corrected chi connectivity index (χ1v) is 5.15. The minimum absolute atomic E-state index is 0.794. The Morgan fingerprint density at radius 1 is 0.875 bits per heavy atom. The Bertz CT molecular complexity index is 518. The first-order valence-electron chi connectivity index (χ1n) is 5.15. The largest absolute Gasteiger partial charge is 0.456 e. The standard InChI is InChI=1S/C15H12O/c1-2-8-13-9-6-7-12-15(13)16-14-10-4-3-5-11-14/h3-7,9-12H,1H3. The van der Waals surface area contributed by atoms with Gasteiger partial charge in [-0.2, -0.15) is 0 Å². The average Bonchev–Trinajstić information content (AvgIpc) is 2.33. The van der Waals surface area contributed by atoms with E-state index < -0.39 is 0 Å². The molecular weight excluding hydrogens is 196 g/mol. The number of ether oxygens (including phenoxy) is 1. The summed E-state index contributed by atoms with van der Waals surface area (Å²) in [5, 5.41) is 0. The van der Waals surface area contributed by atoms with E-state index in [0.29, 0.717) is 0 Å². The van der Waals surface area contributed by atoms with Crippen LogP contribution in [0.4, 0.5) is 0 Å². The van der Waals surface area contributed by atoms with Gasteiger partial charge in [0.1, 0.15) is 11.5 Å². The van der Waals surface area contributed by atoms with Gasteiger partial charge in [0.25, 0.3) is 0 Å². The van der Waals surface area contributed by atoms with Gasteiger partial charge in [-0.25, -0.2) is 0 Å². The van der Waals surface area contributed by atoms with E-state index in [9.17, 15) is 0 Å². The third-order valence-electron chi connectivity index (χ3n) is 2.12. The minimum Gasteiger partial charge on any atom is -0.456 e. The highest BCUT2D eigenvalue weighted by Gasteiger charge is 2.00. The van der Waals surface area contributed by atoms with Crippen LogP contribution in [0.3, 0.4) is 0 Å². The lowest BCUT2D eigenvalue weighted by atomic mass is 10.2. The number of benzene rings is 2. The number of para-hydroxylation sites is 2. The van der Waals surface area contributed by atoms with Crippen molar-refractivity contribution in [3.8, 4) is 23.3 Å². The summed E-state index contributed by atoms with van der Waals surface area (Å²) in [7, 11) is 0. The second kappa shape index (κ2) is 5.04. The van der Waals surface area contributed by atoms with Crippen LogP contribution in [0, 0.1) is 11.8 Å². The molecule has 2 aromatic rings. The van der Waals surface area contributed by atoms with Crippen LogP contribution in [-0.2, 0) is 0 Å². The summed E-state index contributed by atoms with van der Waals surface area (Å²) in [6.07, 6.45) is 0. The minimum atomic E-state index is 0.794. The Labute approximate surface area is 95.7 Å². The molecule has 0 aliphatic carbocycles. The molecule has 0 unspecified atom stereocenters. The SMILES string of the molecule is CC#Cc1ccccc1Oc1ccccc1. The number of rotatable bonds is 2. The predicted molar refractivity (Wildman–Crippen MR) is 65.5 cm³/mol. The zero-order valence-electron chi connectivity index (χ0n) is 9.10. The van der Waals surface area contributed by atoms with E-state index in [2.05, 4.69) is 11.8 Å². The Balaban J connectivity index is 2.30. The molecule has 0 atom stereocenters. The van der Waals surface area contributed by atoms with Crippen molar-refractivity contribution in [3.05, 3.63) is 60.2 Å². The van der Waals surface area contributed by atoms with Gasteiger partial charge in [-0.3, -0.25) is 0 Å². The van der Waals surface area contributed by atoms with Crippen molar-refractivity contribution in [1.29, 1.82) is 0 Å². The van der Waals surface area contributed by atoms with E-state index in [-0.39, 0.29) is 0 Å². The zero-order valence-corrected chi connectivity index (χ0v) is 9.10. The molecule has 0 spiro atoms. The first-order chi connectivity index (χ1) is 7.90. The average molecular weight is 208 g/mol. The third kappa shape index (κ3) is 2.43. The van der Waals surface area contributed by atoms with Gasteiger partial charge in [0.2, 0.25) is 0 Å². The lowest BCUT2D eigenvalue weighted by Gasteiger charge is -2.06. The fourth-order valence-electron chi connectivity index (χ4n) is 1.41. The first kappa shape index (κ1) is 10.3. The molecule has 0 saturated carbocycles. The van der Waals surface area contributed by atoms with Crippen LogP contribution in [0.2, 0.25) is 0 Å². The lowest BCUT2D eigenvalue weighted by Crippen LogP contribution is -1.87. The monoisotopic (exact) mass is 208 g/mol. The van der Waals surface area contributed by atoms with Crippen LogP contribution < -0.4 is 4.74 Å². The molecule has 0 aromatic heterocycles. The molecule has 0 aliphatic rings. The third-order valence-corrected chi connectivity index (χ3v) is 2.12. The molecular formula is C15H12O. The molecule has 0 bridgehead atoms. The van der Waals surface area contributed by atoms with E-state index in [1.54, 1.807) is 0 Å². The van der Waals surface area contributed by atoms with Crippen LogP contribution in [0.1, 0.15) is 12.5 Å². The Morgan fingerprint density at radius 3 is 2.31 bits per heavy atom. The summed E-state index contributed by atoms with van der Waals surface area (Å²) < 4.78 is 5.76. The molecule has 2 rings (SSSR count). The van der Waals surface area contributed by atoms with E-state index in [0.717, 1.165) is 17.1 Å². The summed E-state index contributed by atoms with van der Waals surface area (Å²) in [5.41, 5.74) is 0.911. The van der Waals surface area contributed by atoms with E-state index in [4.69, 9.17) is 4.74 Å². The number of hydrogen-bond acceptors (Lipinski definition) is 1. The Hall–Kier alpha value is -2.20. The summed E-state index contributed by atoms with van der Waals surface area (Å²) in [6.45, 7) is 1.82. The second-order valence-corrected chi connectivity index (χ2v) is 3.29. The highest BCUT2D eigenvalue weighted by molar-refractivity contribution is 5.47. The van der Waals surface area contributed by atoms with Crippen molar-refractivity contribution < 1.29 is 4.74 Å². The van der Waals surface area contributed by atoms with Crippen LogP contribution in [0.25, 0.3) is 0 Å². The molecule has 0 fully saturated rings. The maximum Gasteiger partial charge on any atom is 0.143 e. The van der Waals surface area contributed by atoms with Gasteiger partial charge in [0.15, 0.2) is 0 Å².